The van der Waals surface area contributed by atoms with Gasteiger partial charge in [0.1, 0.15) is 12.1 Å². The van der Waals surface area contributed by atoms with E-state index in [9.17, 15) is 4.55 Å². The molecule has 0 saturated heterocycles. The summed E-state index contributed by atoms with van der Waals surface area (Å²) < 4.78 is 9.21. The fraction of sp³-hybridized carbons (Fsp3) is 0. The quantitative estimate of drug-likeness (QED) is 0.364. The monoisotopic (exact) mass is 474 g/mol. The van der Waals surface area contributed by atoms with Crippen molar-refractivity contribution in [3.8, 4) is 0 Å². The second kappa shape index (κ2) is 10.1. The minimum atomic E-state index is -0.986. The highest BCUT2D eigenvalue weighted by molar-refractivity contribution is 9.93. The first-order chi connectivity index (χ1) is 3.46. The summed E-state index contributed by atoms with van der Waals surface area (Å²) in [5.41, 5.74) is 0. The Morgan fingerprint density at radius 2 is 1.12 bits per heavy atom. The van der Waals surface area contributed by atoms with E-state index >= 15 is 0 Å². The Hall–Kier alpha value is 3.14. The van der Waals surface area contributed by atoms with Gasteiger partial charge in [-0.2, -0.15) is 0 Å². The predicted molar refractivity (Wildman–Crippen MR) is 59.7 cm³/mol. The molecule has 0 spiro atoms. The molecule has 0 aliphatic heterocycles. The lowest BCUT2D eigenvalue weighted by molar-refractivity contribution is 0.624. The van der Waals surface area contributed by atoms with Gasteiger partial charge in [-0.1, -0.05) is 0 Å². The van der Waals surface area contributed by atoms with Crippen LogP contribution in [0.15, 0.2) is 0 Å². The Balaban J connectivity index is 0. The Morgan fingerprint density at radius 1 is 1.12 bits per heavy atom. The van der Waals surface area contributed by atoms with Crippen molar-refractivity contribution < 1.29 is 4.55 Å². The summed E-state index contributed by atoms with van der Waals surface area (Å²) in [7, 11) is -0.986. The van der Waals surface area contributed by atoms with E-state index in [-0.39, 0.29) is 4.03 Å². The molecule has 0 rings (SSSR count). The Labute approximate surface area is 91.3 Å². The van der Waals surface area contributed by atoms with Crippen LogP contribution in [-0.2, 0) is 8.04 Å². The average molecular weight is 479 g/mol. The zero-order valence-electron chi connectivity index (χ0n) is 3.15. The fourth-order valence-corrected chi connectivity index (χ4v) is 0. The largest absolute Gasteiger partial charge is 0.596 e. The molecule has 8 heteroatoms. The number of hydrogen-bond donors (Lipinski definition) is 0. The molecular weight excluding hydrogens is 479 g/mol. The van der Waals surface area contributed by atoms with Gasteiger partial charge in [0, 0.05) is 0 Å². The molecule has 0 aromatic rings. The summed E-state index contributed by atoms with van der Waals surface area (Å²) in [6.45, 7) is 0. The predicted octanol–water partition coefficient (Wildman–Crippen LogP) is 4.75. The molecule has 0 unspecified atom stereocenters. The van der Waals surface area contributed by atoms with E-state index in [4.69, 9.17) is 0 Å². The molecule has 0 saturated carbocycles. The molecule has 0 heterocycles. The third-order valence-corrected chi connectivity index (χ3v) is 0. The molecule has 0 radical (unpaired) electrons. The second-order valence-electron chi connectivity index (χ2n) is 0.376. The summed E-state index contributed by atoms with van der Waals surface area (Å²) >= 11 is 14.8. The number of halogens is 5. The topological polar surface area (TPSA) is 23.1 Å². The van der Waals surface area contributed by atoms with Crippen LogP contribution < -0.4 is 0 Å². The van der Waals surface area contributed by atoms with E-state index in [1.165, 1.54) is 0 Å². The molecule has 1 nitrogen and oxygen atoms in total. The molecule has 0 N–H and O–H groups in total. The first-order valence-electron chi connectivity index (χ1n) is 0.982. The fourth-order valence-electron chi connectivity index (χ4n) is 0. The lowest BCUT2D eigenvalue weighted by atomic mass is 15.9. The van der Waals surface area contributed by atoms with Crippen LogP contribution >= 0.6 is 80.1 Å². The van der Waals surface area contributed by atoms with Gasteiger partial charge in [0.05, 0.1) is 0 Å². The molecule has 0 atom stereocenters. The van der Waals surface area contributed by atoms with Crippen molar-refractivity contribution in [2.45, 2.75) is 0 Å². The molecule has 0 aliphatic rings. The van der Waals surface area contributed by atoms with E-state index in [2.05, 4.69) is 76.1 Å². The molecule has 0 fully saturated rings. The van der Waals surface area contributed by atoms with Crippen LogP contribution in [0.4, 0.5) is 0 Å². The highest BCUT2D eigenvalue weighted by Crippen LogP contribution is 2.59. The van der Waals surface area contributed by atoms with Gasteiger partial charge in [-0.3, -0.25) is 0 Å². The minimum absolute atomic E-state index is 0.183. The molecule has 52 valence electrons. The van der Waals surface area contributed by atoms with Crippen LogP contribution in [0.3, 0.4) is 0 Å². The molecule has 0 aromatic heterocycles. The van der Waals surface area contributed by atoms with Crippen molar-refractivity contribution in [1.29, 1.82) is 0 Å². The Bertz CT molecular complexity index is 27.9. The summed E-state index contributed by atoms with van der Waals surface area (Å²) in [4.78, 5) is 0. The third kappa shape index (κ3) is 61.4. The van der Waals surface area contributed by atoms with E-state index in [1.807, 2.05) is 0 Å². The van der Waals surface area contributed by atoms with Crippen LogP contribution in [0, 0.1) is 0 Å². The van der Waals surface area contributed by atoms with Gasteiger partial charge in [-0.25, -0.2) is 0 Å². The molecule has 0 amide bonds. The van der Waals surface area contributed by atoms with E-state index in [0.29, 0.717) is 0 Å². The summed E-state index contributed by atoms with van der Waals surface area (Å²) in [6, 6.07) is 0. The van der Waals surface area contributed by atoms with Gasteiger partial charge in [0.2, 0.25) is 29.6 Å². The molecule has 0 bridgehead atoms. The second-order valence-corrected chi connectivity index (χ2v) is 22.2. The van der Waals surface area contributed by atoms with Crippen LogP contribution in [0.5, 0.6) is 0 Å². The van der Waals surface area contributed by atoms with Crippen molar-refractivity contribution in [2.75, 3.05) is 0 Å². The maximum atomic E-state index is 9.39. The van der Waals surface area contributed by atoms with Gasteiger partial charge in [0.25, 0.3) is 0 Å². The maximum absolute atomic E-state index is 9.39. The standard InChI is InChI=1S/Br3P.Br2OS/c2*1-4(2)3. The zero-order chi connectivity index (χ0) is 7.15. The van der Waals surface area contributed by atoms with Gasteiger partial charge in [0.15, 0.2) is 0 Å². The number of rotatable bonds is 0. The van der Waals surface area contributed by atoms with E-state index in [1.54, 1.807) is 0 Å². The first-order valence-corrected chi connectivity index (χ1v) is 13.2. The zero-order valence-corrected chi connectivity index (χ0v) is 12.8. The normalized spacial score (nSPS) is 9.00. The van der Waals surface area contributed by atoms with Crippen LogP contribution in [0.1, 0.15) is 0 Å². The van der Waals surface area contributed by atoms with Crippen LogP contribution in [0.25, 0.3) is 0 Å². The smallest absolute Gasteiger partial charge is 0.244 e. The van der Waals surface area contributed by atoms with Gasteiger partial charge in [-0.05, 0) is 46.5 Å². The van der Waals surface area contributed by atoms with E-state index in [0.717, 1.165) is 0 Å². The average Bonchev–Trinajstić information content (AvgIpc) is 1.25. The van der Waals surface area contributed by atoms with Gasteiger partial charge < -0.3 is 4.55 Å². The summed E-state index contributed by atoms with van der Waals surface area (Å²) in [6.07, 6.45) is 0. The Kier molecular flexibility index (Phi) is 17.4. The lowest BCUT2D eigenvalue weighted by Gasteiger charge is -1.75. The maximum Gasteiger partial charge on any atom is 0.244 e. The SMILES string of the molecule is BrP(Br)Br.[O-][S+](Br)Br. The van der Waals surface area contributed by atoms with Gasteiger partial charge in [-0.15, -0.1) is 0 Å². The number of hydrogen-bond acceptors (Lipinski definition) is 1. The third-order valence-electron chi connectivity index (χ3n) is 0. The summed E-state index contributed by atoms with van der Waals surface area (Å²) in [5, 5.41) is 0. The van der Waals surface area contributed by atoms with Crippen molar-refractivity contribution in [2.24, 2.45) is 0 Å². The molecule has 0 aromatic carbocycles. The Morgan fingerprint density at radius 3 is 1.12 bits per heavy atom. The van der Waals surface area contributed by atoms with Crippen molar-refractivity contribution in [3.63, 3.8) is 0 Å². The molecule has 8 heavy (non-hydrogen) atoms. The first kappa shape index (κ1) is 13.7. The van der Waals surface area contributed by atoms with Crippen molar-refractivity contribution in [3.05, 3.63) is 0 Å². The highest BCUT2D eigenvalue weighted by atomic mass is 80.0. The minimum Gasteiger partial charge on any atom is -0.596 e. The van der Waals surface area contributed by atoms with Crippen LogP contribution in [0.2, 0.25) is 0 Å². The van der Waals surface area contributed by atoms with Crippen molar-refractivity contribution in [1.82, 2.24) is 0 Å². The van der Waals surface area contributed by atoms with Gasteiger partial charge >= 0.3 is 0 Å². The van der Waals surface area contributed by atoms with Crippen LogP contribution in [-0.4, -0.2) is 4.55 Å². The summed E-state index contributed by atoms with van der Waals surface area (Å²) in [5.74, 6) is 0. The lowest BCUT2D eigenvalue weighted by Crippen LogP contribution is -1.60. The molecule has 0 aliphatic carbocycles. The highest BCUT2D eigenvalue weighted by Gasteiger charge is 1.81. The van der Waals surface area contributed by atoms with E-state index < -0.39 is 8.04 Å². The molecular formula is Br5OPS. The van der Waals surface area contributed by atoms with Crippen molar-refractivity contribution >= 4 is 88.2 Å².